The lowest BCUT2D eigenvalue weighted by atomic mass is 10.0. The highest BCUT2D eigenvalue weighted by molar-refractivity contribution is 6.22. The molecule has 2 fully saturated rings. The van der Waals surface area contributed by atoms with Gasteiger partial charge in [0, 0.05) is 11.1 Å². The van der Waals surface area contributed by atoms with Crippen LogP contribution in [0.5, 0.6) is 0 Å². The third kappa shape index (κ3) is 3.79. The summed E-state index contributed by atoms with van der Waals surface area (Å²) >= 11 is 13.0. The maximum atomic E-state index is 10.7. The summed E-state index contributed by atoms with van der Waals surface area (Å²) in [4.78, 5) is 0. The predicted molar refractivity (Wildman–Crippen MR) is 102 cm³/mol. The van der Waals surface area contributed by atoms with Gasteiger partial charge < -0.3 is 29.2 Å². The third-order valence-electron chi connectivity index (χ3n) is 4.77. The third-order valence-corrected chi connectivity index (χ3v) is 5.61. The molecule has 2 aliphatic heterocycles. The fourth-order valence-corrected chi connectivity index (χ4v) is 3.88. The first-order chi connectivity index (χ1) is 13.4. The molecule has 0 radical (unpaired) electrons. The minimum Gasteiger partial charge on any atom is -0.388 e. The van der Waals surface area contributed by atoms with Gasteiger partial charge in [0.15, 0.2) is 0 Å². The topological polar surface area (TPSA) is 77.4 Å². The molecule has 2 heterocycles. The fourth-order valence-electron chi connectivity index (χ4n) is 3.30. The van der Waals surface area contributed by atoms with Crippen LogP contribution in [0.15, 0.2) is 60.7 Å². The average molecular weight is 427 g/mol. The van der Waals surface area contributed by atoms with Gasteiger partial charge in [-0.15, -0.1) is 0 Å². The van der Waals surface area contributed by atoms with Crippen molar-refractivity contribution in [1.29, 1.82) is 0 Å². The van der Waals surface area contributed by atoms with Crippen LogP contribution in [0.3, 0.4) is 0 Å². The number of aliphatic hydroxyl groups is 2. The Balaban J connectivity index is 1.58. The van der Waals surface area contributed by atoms with Gasteiger partial charge in [-0.25, -0.2) is 0 Å². The molecular weight excluding hydrogens is 407 g/mol. The summed E-state index contributed by atoms with van der Waals surface area (Å²) in [5, 5.41) is 18.1. The molecule has 150 valence electrons. The van der Waals surface area contributed by atoms with Crippen LogP contribution in [-0.4, -0.2) is 47.8 Å². The van der Waals surface area contributed by atoms with Gasteiger partial charge in [0.2, 0.25) is 0 Å². The largest absolute Gasteiger partial charge is 0.388 e. The Morgan fingerprint density at radius 2 is 1.07 bits per heavy atom. The van der Waals surface area contributed by atoms with Gasteiger partial charge in [0.1, 0.15) is 24.4 Å². The van der Waals surface area contributed by atoms with Crippen LogP contribution in [-0.2, 0) is 29.4 Å². The van der Waals surface area contributed by atoms with E-state index in [4.69, 9.17) is 42.1 Å². The molecule has 0 amide bonds. The molecule has 2 aromatic carbocycles. The highest BCUT2D eigenvalue weighted by atomic mass is 35.5. The summed E-state index contributed by atoms with van der Waals surface area (Å²) in [6, 6.07) is 17.8. The minimum atomic E-state index is -1.65. The summed E-state index contributed by atoms with van der Waals surface area (Å²) in [5.41, 5.74) is 1.10. The van der Waals surface area contributed by atoms with Crippen molar-refractivity contribution < 1.29 is 29.2 Å². The highest BCUT2D eigenvalue weighted by Gasteiger charge is 2.54. The molecule has 0 saturated carbocycles. The van der Waals surface area contributed by atoms with Crippen molar-refractivity contribution in [3.8, 4) is 0 Å². The van der Waals surface area contributed by atoms with Gasteiger partial charge in [0.05, 0.1) is 13.2 Å². The zero-order valence-electron chi connectivity index (χ0n) is 14.8. The van der Waals surface area contributed by atoms with Gasteiger partial charge in [-0.05, 0) is 0 Å². The molecule has 2 saturated heterocycles. The standard InChI is InChI=1S/C20H20Cl2O6/c21-19(13-7-3-1-4-8-13)25-11-15(23)17-18(16(24)12-26-19)28-20(22,27-17)14-9-5-2-6-10-14/h1-10,15-18,23-24H,11-12H2/t15-,16+,17-,18-,19?,20?/m0/s1. The second-order valence-electron chi connectivity index (χ2n) is 6.73. The number of fused-ring (bicyclic) bond motifs is 1. The molecule has 2 aromatic rings. The Kier molecular flexibility index (Phi) is 5.66. The average Bonchev–Trinajstić information content (AvgIpc) is 3.11. The van der Waals surface area contributed by atoms with E-state index in [9.17, 15) is 10.2 Å². The molecule has 0 aromatic heterocycles. The van der Waals surface area contributed by atoms with Crippen molar-refractivity contribution in [2.75, 3.05) is 13.2 Å². The van der Waals surface area contributed by atoms with Crippen molar-refractivity contribution in [3.63, 3.8) is 0 Å². The second kappa shape index (κ2) is 7.89. The van der Waals surface area contributed by atoms with Gasteiger partial charge in [-0.3, -0.25) is 0 Å². The molecule has 2 N–H and O–H groups in total. The van der Waals surface area contributed by atoms with Crippen LogP contribution in [0.4, 0.5) is 0 Å². The Morgan fingerprint density at radius 1 is 0.679 bits per heavy atom. The Hall–Kier alpha value is -1.22. The quantitative estimate of drug-likeness (QED) is 0.718. The molecule has 8 heteroatoms. The van der Waals surface area contributed by atoms with E-state index in [0.29, 0.717) is 11.1 Å². The summed E-state index contributed by atoms with van der Waals surface area (Å²) in [6.45, 7) is -0.422. The van der Waals surface area contributed by atoms with Crippen molar-refractivity contribution in [1.82, 2.24) is 0 Å². The van der Waals surface area contributed by atoms with Gasteiger partial charge >= 0.3 is 0 Å². The molecule has 2 unspecified atom stereocenters. The monoisotopic (exact) mass is 426 g/mol. The van der Waals surface area contributed by atoms with Crippen molar-refractivity contribution >= 4 is 23.2 Å². The maximum Gasteiger partial charge on any atom is 0.277 e. The van der Waals surface area contributed by atoms with E-state index >= 15 is 0 Å². The van der Waals surface area contributed by atoms with E-state index in [1.807, 2.05) is 12.1 Å². The Labute approximate surface area is 172 Å². The van der Waals surface area contributed by atoms with Crippen LogP contribution in [0, 0.1) is 0 Å². The molecule has 0 bridgehead atoms. The van der Waals surface area contributed by atoms with Crippen molar-refractivity contribution in [2.24, 2.45) is 0 Å². The maximum absolute atomic E-state index is 10.7. The van der Waals surface area contributed by atoms with Gasteiger partial charge in [0.25, 0.3) is 10.5 Å². The molecule has 28 heavy (non-hydrogen) atoms. The number of halogens is 2. The first-order valence-electron chi connectivity index (χ1n) is 8.90. The number of benzene rings is 2. The SMILES string of the molecule is O[C@@H]1COC(Cl)(c2ccccc2)OC[C@H](O)[C@@H]2OC(Cl)(c3ccccc3)O[C@H]21. The van der Waals surface area contributed by atoms with E-state index in [-0.39, 0.29) is 13.2 Å². The number of hydrogen-bond acceptors (Lipinski definition) is 6. The number of hydrogen-bond donors (Lipinski definition) is 2. The number of alkyl halides is 2. The summed E-state index contributed by atoms with van der Waals surface area (Å²) in [7, 11) is 0. The van der Waals surface area contributed by atoms with E-state index in [0.717, 1.165) is 0 Å². The molecular formula is C20H20Cl2O6. The first kappa shape index (κ1) is 20.1. The van der Waals surface area contributed by atoms with Crippen LogP contribution < -0.4 is 0 Å². The van der Waals surface area contributed by atoms with Crippen molar-refractivity contribution in [3.05, 3.63) is 71.8 Å². The van der Waals surface area contributed by atoms with Crippen molar-refractivity contribution in [2.45, 2.75) is 34.9 Å². The number of ether oxygens (including phenoxy) is 4. The lowest BCUT2D eigenvalue weighted by Crippen LogP contribution is -2.44. The summed E-state index contributed by atoms with van der Waals surface area (Å²) in [5.74, 6) is 0. The first-order valence-corrected chi connectivity index (χ1v) is 9.65. The van der Waals surface area contributed by atoms with E-state index in [2.05, 4.69) is 0 Å². The summed E-state index contributed by atoms with van der Waals surface area (Å²) < 4.78 is 23.0. The molecule has 0 aliphatic carbocycles. The predicted octanol–water partition coefficient (Wildman–Crippen LogP) is 2.64. The van der Waals surface area contributed by atoms with Gasteiger partial charge in [-0.2, -0.15) is 0 Å². The molecule has 2 aliphatic rings. The lowest BCUT2D eigenvalue weighted by Gasteiger charge is -2.29. The number of aliphatic hydroxyl groups excluding tert-OH is 2. The zero-order valence-corrected chi connectivity index (χ0v) is 16.3. The molecule has 0 spiro atoms. The van der Waals surface area contributed by atoms with Crippen LogP contribution >= 0.6 is 23.2 Å². The van der Waals surface area contributed by atoms with E-state index < -0.39 is 34.9 Å². The smallest absolute Gasteiger partial charge is 0.277 e. The number of rotatable bonds is 2. The highest BCUT2D eigenvalue weighted by Crippen LogP contribution is 2.44. The summed E-state index contributed by atoms with van der Waals surface area (Å²) in [6.07, 6.45) is -4.20. The molecule has 4 rings (SSSR count). The molecule has 6 atom stereocenters. The zero-order chi connectivity index (χ0) is 19.8. The molecule has 6 nitrogen and oxygen atoms in total. The van der Waals surface area contributed by atoms with E-state index in [1.165, 1.54) is 0 Å². The van der Waals surface area contributed by atoms with Crippen LogP contribution in [0.25, 0.3) is 0 Å². The Bertz CT molecular complexity index is 728. The second-order valence-corrected chi connectivity index (χ2v) is 7.72. The Morgan fingerprint density at radius 3 is 1.50 bits per heavy atom. The lowest BCUT2D eigenvalue weighted by molar-refractivity contribution is -0.216. The fraction of sp³-hybridized carbons (Fsp3) is 0.400. The van der Waals surface area contributed by atoms with Gasteiger partial charge in [-0.1, -0.05) is 83.9 Å². The van der Waals surface area contributed by atoms with Crippen LogP contribution in [0.2, 0.25) is 0 Å². The van der Waals surface area contributed by atoms with Crippen LogP contribution in [0.1, 0.15) is 11.1 Å². The van der Waals surface area contributed by atoms with E-state index in [1.54, 1.807) is 48.5 Å². The minimum absolute atomic E-state index is 0.211. The normalized spacial score (nSPS) is 38.9.